The molecule has 3 aromatic heterocycles. The highest BCUT2D eigenvalue weighted by Crippen LogP contribution is 2.16. The van der Waals surface area contributed by atoms with E-state index in [9.17, 15) is 14.4 Å². The number of esters is 1. The number of carbonyl (C=O) groups excluding carboxylic acids is 1. The number of hydrogen-bond acceptors (Lipinski definition) is 10. The van der Waals surface area contributed by atoms with Gasteiger partial charge in [0, 0.05) is 19.5 Å². The molecular weight excluding hydrogens is 430 g/mol. The number of nitrogens with zero attached hydrogens (tertiary/aromatic N) is 6. The lowest BCUT2D eigenvalue weighted by Gasteiger charge is -2.11. The van der Waals surface area contributed by atoms with E-state index >= 15 is 0 Å². The van der Waals surface area contributed by atoms with Crippen molar-refractivity contribution in [2.24, 2.45) is 5.92 Å². The molecule has 3 heterocycles. The molecule has 0 saturated heterocycles. The van der Waals surface area contributed by atoms with Gasteiger partial charge in [-0.3, -0.25) is 19.1 Å². The number of nitrogen functional groups attached to an aromatic ring is 2. The molecule has 0 saturated carbocycles. The highest BCUT2D eigenvalue weighted by Gasteiger charge is 2.20. The molecule has 0 aliphatic heterocycles. The molecule has 0 fully saturated rings. The predicted octanol–water partition coefficient (Wildman–Crippen LogP) is 0.368. The molecule has 5 N–H and O–H groups in total. The number of rotatable bonds is 10. The minimum absolute atomic E-state index is 0.00849. The number of ether oxygens (including phenoxy) is 1. The van der Waals surface area contributed by atoms with E-state index in [1.165, 1.54) is 4.57 Å². The second kappa shape index (κ2) is 10.2. The maximum atomic E-state index is 12.6. The number of carbonyl (C=O) groups is 1. The first-order valence-corrected chi connectivity index (χ1v) is 10.8. The number of unbranched alkanes of at least 4 members (excludes halogenated alkanes) is 1. The van der Waals surface area contributed by atoms with Crippen LogP contribution in [0.4, 0.5) is 11.9 Å². The maximum Gasteiger partial charge on any atom is 0.330 e. The number of imidazole rings is 1. The number of aromatic nitrogens is 7. The Balaban J connectivity index is 1.83. The number of aryl methyl sites for hydroxylation is 2. The third-order valence-corrected chi connectivity index (χ3v) is 4.88. The van der Waals surface area contributed by atoms with Crippen LogP contribution in [0.5, 0.6) is 0 Å². The molecule has 0 atom stereocenters. The molecule has 0 aliphatic carbocycles. The van der Waals surface area contributed by atoms with Crippen LogP contribution in [0.3, 0.4) is 0 Å². The minimum Gasteiger partial charge on any atom is -0.457 e. The largest absolute Gasteiger partial charge is 0.457 e. The van der Waals surface area contributed by atoms with Crippen molar-refractivity contribution in [2.45, 2.75) is 66.2 Å². The van der Waals surface area contributed by atoms with Gasteiger partial charge in [-0.1, -0.05) is 27.2 Å². The summed E-state index contributed by atoms with van der Waals surface area (Å²) in [6.45, 7) is 6.80. The van der Waals surface area contributed by atoms with Crippen molar-refractivity contribution in [3.8, 4) is 0 Å². The second-order valence-corrected chi connectivity index (χ2v) is 8.10. The lowest BCUT2D eigenvalue weighted by molar-refractivity contribution is -0.145. The van der Waals surface area contributed by atoms with Gasteiger partial charge in [0.15, 0.2) is 23.6 Å². The van der Waals surface area contributed by atoms with E-state index < -0.39 is 17.2 Å². The first-order chi connectivity index (χ1) is 15.7. The molecule has 33 heavy (non-hydrogen) atoms. The fourth-order valence-electron chi connectivity index (χ4n) is 3.45. The van der Waals surface area contributed by atoms with Gasteiger partial charge < -0.3 is 20.8 Å². The summed E-state index contributed by atoms with van der Waals surface area (Å²) in [6, 6.07) is 0. The van der Waals surface area contributed by atoms with Gasteiger partial charge in [0.2, 0.25) is 11.9 Å². The molecule has 0 bridgehead atoms. The molecular formula is C20H29N9O4. The highest BCUT2D eigenvalue weighted by atomic mass is 16.5. The van der Waals surface area contributed by atoms with E-state index in [0.29, 0.717) is 30.1 Å². The number of hydrogen-bond donors (Lipinski definition) is 3. The summed E-state index contributed by atoms with van der Waals surface area (Å²) in [4.78, 5) is 55.7. The molecule has 3 aromatic rings. The SMILES string of the molecule is CCCCn1c(=O)[nH]c(=O)c2c1nc(CCC(=O)OCc1nc(N)nc(N)n1)n2CC(C)C. The summed E-state index contributed by atoms with van der Waals surface area (Å²) in [5.41, 5.74) is 10.7. The minimum atomic E-state index is -0.506. The van der Waals surface area contributed by atoms with Crippen LogP contribution in [0.2, 0.25) is 0 Å². The molecule has 13 nitrogen and oxygen atoms in total. The summed E-state index contributed by atoms with van der Waals surface area (Å²) in [6.07, 6.45) is 1.89. The van der Waals surface area contributed by atoms with Gasteiger partial charge in [-0.15, -0.1) is 0 Å². The number of fused-ring (bicyclic) bond motifs is 1. The zero-order valence-electron chi connectivity index (χ0n) is 19.0. The van der Waals surface area contributed by atoms with Crippen molar-refractivity contribution in [1.29, 1.82) is 0 Å². The second-order valence-electron chi connectivity index (χ2n) is 8.10. The fraction of sp³-hybridized carbons (Fsp3) is 0.550. The Morgan fingerprint density at radius 2 is 1.79 bits per heavy atom. The monoisotopic (exact) mass is 459 g/mol. The van der Waals surface area contributed by atoms with Crippen LogP contribution in [-0.4, -0.2) is 40.0 Å². The van der Waals surface area contributed by atoms with Crippen LogP contribution in [-0.2, 0) is 35.6 Å². The van der Waals surface area contributed by atoms with Gasteiger partial charge in [0.25, 0.3) is 5.56 Å². The topological polar surface area (TPSA) is 190 Å². The summed E-state index contributed by atoms with van der Waals surface area (Å²) in [5, 5.41) is 0. The van der Waals surface area contributed by atoms with Gasteiger partial charge in [-0.05, 0) is 12.3 Å². The van der Waals surface area contributed by atoms with Gasteiger partial charge in [-0.2, -0.15) is 15.0 Å². The van der Waals surface area contributed by atoms with Crippen molar-refractivity contribution in [3.05, 3.63) is 32.5 Å². The average Bonchev–Trinajstić information content (AvgIpc) is 3.07. The van der Waals surface area contributed by atoms with Crippen LogP contribution >= 0.6 is 0 Å². The van der Waals surface area contributed by atoms with Gasteiger partial charge in [-0.25, -0.2) is 9.78 Å². The number of nitrogens with one attached hydrogen (secondary N) is 1. The Morgan fingerprint density at radius 3 is 2.42 bits per heavy atom. The van der Waals surface area contributed by atoms with Crippen molar-refractivity contribution in [2.75, 3.05) is 11.5 Å². The number of aromatic amines is 1. The predicted molar refractivity (Wildman–Crippen MR) is 121 cm³/mol. The molecule has 0 aromatic carbocycles. The fourth-order valence-corrected chi connectivity index (χ4v) is 3.45. The summed E-state index contributed by atoms with van der Waals surface area (Å²) in [7, 11) is 0. The summed E-state index contributed by atoms with van der Waals surface area (Å²) in [5.74, 6) is 0.263. The van der Waals surface area contributed by atoms with Crippen LogP contribution < -0.4 is 22.7 Å². The standard InChI is InChI=1S/C20H29N9O4/c1-4-5-8-28-16-15(17(31)26-20(28)32)29(9-11(2)3)13(25-16)6-7-14(30)33-10-12-23-18(21)27-19(22)24-12/h11H,4-10H2,1-3H3,(H,26,31,32)(H4,21,22,23,24,27). The zero-order chi connectivity index (χ0) is 24.1. The number of nitrogens with two attached hydrogens (primary N) is 2. The first-order valence-electron chi connectivity index (χ1n) is 10.8. The first kappa shape index (κ1) is 23.9. The van der Waals surface area contributed by atoms with Crippen LogP contribution in [0.1, 0.15) is 51.7 Å². The zero-order valence-corrected chi connectivity index (χ0v) is 19.0. The van der Waals surface area contributed by atoms with Crippen molar-refractivity contribution in [3.63, 3.8) is 0 Å². The summed E-state index contributed by atoms with van der Waals surface area (Å²) >= 11 is 0. The van der Waals surface area contributed by atoms with Crippen LogP contribution in [0.25, 0.3) is 11.2 Å². The van der Waals surface area contributed by atoms with E-state index in [1.54, 1.807) is 4.57 Å². The third-order valence-electron chi connectivity index (χ3n) is 4.88. The van der Waals surface area contributed by atoms with E-state index in [4.69, 9.17) is 16.2 Å². The third kappa shape index (κ3) is 5.73. The molecule has 0 unspecified atom stereocenters. The van der Waals surface area contributed by atoms with Crippen molar-refractivity contribution in [1.82, 2.24) is 34.1 Å². The van der Waals surface area contributed by atoms with E-state index in [-0.39, 0.29) is 43.1 Å². The van der Waals surface area contributed by atoms with Gasteiger partial charge in [0.05, 0.1) is 6.42 Å². The average molecular weight is 460 g/mol. The Bertz CT molecular complexity index is 1240. The Hall–Kier alpha value is -3.77. The van der Waals surface area contributed by atoms with Gasteiger partial charge in [0.1, 0.15) is 5.82 Å². The van der Waals surface area contributed by atoms with E-state index in [1.807, 2.05) is 20.8 Å². The molecule has 0 aliphatic rings. The van der Waals surface area contributed by atoms with Crippen LogP contribution in [0.15, 0.2) is 9.59 Å². The maximum absolute atomic E-state index is 12.6. The molecule has 178 valence electrons. The quantitative estimate of drug-likeness (QED) is 0.357. The van der Waals surface area contributed by atoms with E-state index in [0.717, 1.165) is 12.8 Å². The Morgan fingerprint density at radius 1 is 1.09 bits per heavy atom. The lowest BCUT2D eigenvalue weighted by Crippen LogP contribution is -2.31. The van der Waals surface area contributed by atoms with Crippen molar-refractivity contribution >= 4 is 29.0 Å². The molecule has 0 radical (unpaired) electrons. The van der Waals surface area contributed by atoms with Crippen LogP contribution in [0, 0.1) is 5.92 Å². The number of anilines is 2. The smallest absolute Gasteiger partial charge is 0.330 e. The molecule has 0 amide bonds. The van der Waals surface area contributed by atoms with Crippen molar-refractivity contribution < 1.29 is 9.53 Å². The lowest BCUT2D eigenvalue weighted by atomic mass is 10.2. The van der Waals surface area contributed by atoms with E-state index in [2.05, 4.69) is 24.9 Å². The number of H-pyrrole nitrogens is 1. The van der Waals surface area contributed by atoms with Gasteiger partial charge >= 0.3 is 11.7 Å². The molecule has 3 rings (SSSR count). The highest BCUT2D eigenvalue weighted by molar-refractivity contribution is 5.72. The normalized spacial score (nSPS) is 11.4. The molecule has 13 heteroatoms. The molecule has 0 spiro atoms. The Labute approximate surface area is 189 Å². The summed E-state index contributed by atoms with van der Waals surface area (Å²) < 4.78 is 8.47. The Kier molecular flexibility index (Phi) is 7.41.